The monoisotopic (exact) mass is 385 g/mol. The third kappa shape index (κ3) is 4.60. The Morgan fingerprint density at radius 1 is 1.07 bits per heavy atom. The number of hydrogen-bond donors (Lipinski definition) is 0. The average Bonchev–Trinajstić information content (AvgIpc) is 3.10. The van der Waals surface area contributed by atoms with E-state index in [4.69, 9.17) is 13.9 Å². The van der Waals surface area contributed by atoms with Gasteiger partial charge in [-0.1, -0.05) is 23.9 Å². The SMILES string of the molecule is COc1c(C)cnc(CSc2nnc(COc3cc(C)ccc3C)o2)c1C. The predicted molar refractivity (Wildman–Crippen MR) is 104 cm³/mol. The molecule has 0 aliphatic carbocycles. The van der Waals surface area contributed by atoms with E-state index in [0.717, 1.165) is 39.4 Å². The summed E-state index contributed by atoms with van der Waals surface area (Å²) in [6.07, 6.45) is 1.82. The third-order valence-corrected chi connectivity index (χ3v) is 5.05. The Hall–Kier alpha value is -2.54. The molecule has 6 nitrogen and oxygen atoms in total. The highest BCUT2D eigenvalue weighted by atomic mass is 32.2. The molecule has 3 aromatic rings. The molecule has 7 heteroatoms. The predicted octanol–water partition coefficient (Wildman–Crippen LogP) is 4.58. The largest absolute Gasteiger partial charge is 0.496 e. The van der Waals surface area contributed by atoms with Crippen LogP contribution in [-0.4, -0.2) is 22.3 Å². The number of hydrogen-bond acceptors (Lipinski definition) is 7. The van der Waals surface area contributed by atoms with E-state index in [1.165, 1.54) is 11.8 Å². The number of aryl methyl sites for hydroxylation is 3. The zero-order chi connectivity index (χ0) is 19.4. The van der Waals surface area contributed by atoms with Gasteiger partial charge in [-0.15, -0.1) is 10.2 Å². The molecule has 2 heterocycles. The van der Waals surface area contributed by atoms with Crippen molar-refractivity contribution in [3.8, 4) is 11.5 Å². The molecule has 142 valence electrons. The maximum atomic E-state index is 5.81. The molecular weight excluding hydrogens is 362 g/mol. The van der Waals surface area contributed by atoms with Crippen molar-refractivity contribution in [2.24, 2.45) is 0 Å². The van der Waals surface area contributed by atoms with Gasteiger partial charge in [0, 0.05) is 23.1 Å². The highest BCUT2D eigenvalue weighted by molar-refractivity contribution is 7.98. The first-order chi connectivity index (χ1) is 13.0. The molecule has 0 unspecified atom stereocenters. The Labute approximate surface area is 163 Å². The molecule has 0 aliphatic heterocycles. The van der Waals surface area contributed by atoms with E-state index in [2.05, 4.69) is 21.2 Å². The minimum absolute atomic E-state index is 0.244. The van der Waals surface area contributed by atoms with Gasteiger partial charge >= 0.3 is 0 Å². The van der Waals surface area contributed by atoms with Crippen LogP contribution < -0.4 is 9.47 Å². The van der Waals surface area contributed by atoms with Gasteiger partial charge in [0.25, 0.3) is 11.1 Å². The molecule has 0 N–H and O–H groups in total. The van der Waals surface area contributed by atoms with Crippen molar-refractivity contribution in [2.75, 3.05) is 7.11 Å². The molecule has 0 aliphatic rings. The third-order valence-electron chi connectivity index (χ3n) is 4.23. The van der Waals surface area contributed by atoms with Gasteiger partial charge in [-0.05, 0) is 44.9 Å². The Bertz CT molecular complexity index is 940. The van der Waals surface area contributed by atoms with Crippen LogP contribution in [0, 0.1) is 27.7 Å². The number of methoxy groups -OCH3 is 1. The smallest absolute Gasteiger partial charge is 0.277 e. The normalized spacial score (nSPS) is 10.9. The van der Waals surface area contributed by atoms with Crippen molar-refractivity contribution in [1.82, 2.24) is 15.2 Å². The molecule has 0 spiro atoms. The Kier molecular flexibility index (Phi) is 6.01. The molecule has 0 bridgehead atoms. The lowest BCUT2D eigenvalue weighted by Crippen LogP contribution is -1.98. The molecule has 0 saturated carbocycles. The zero-order valence-electron chi connectivity index (χ0n) is 16.2. The highest BCUT2D eigenvalue weighted by Crippen LogP contribution is 2.29. The molecule has 0 amide bonds. The lowest BCUT2D eigenvalue weighted by Gasteiger charge is -2.11. The summed E-state index contributed by atoms with van der Waals surface area (Å²) in [7, 11) is 1.67. The molecule has 27 heavy (non-hydrogen) atoms. The standard InChI is InChI=1S/C20H23N3O3S/c1-12-6-7-13(2)17(8-12)25-10-18-22-23-20(26-18)27-11-16-15(4)19(24-5)14(3)9-21-16/h6-9H,10-11H2,1-5H3. The fourth-order valence-corrected chi connectivity index (χ4v) is 3.51. The molecule has 1 aromatic carbocycles. The van der Waals surface area contributed by atoms with Crippen LogP contribution >= 0.6 is 11.8 Å². The quantitative estimate of drug-likeness (QED) is 0.551. The molecule has 0 fully saturated rings. The number of benzene rings is 1. The first-order valence-corrected chi connectivity index (χ1v) is 9.60. The second-order valence-electron chi connectivity index (χ2n) is 6.35. The van der Waals surface area contributed by atoms with E-state index in [0.29, 0.717) is 16.9 Å². The van der Waals surface area contributed by atoms with Crippen molar-refractivity contribution in [3.63, 3.8) is 0 Å². The maximum absolute atomic E-state index is 5.81. The Balaban J connectivity index is 1.61. The van der Waals surface area contributed by atoms with Gasteiger partial charge in [0.2, 0.25) is 0 Å². The second kappa shape index (κ2) is 8.43. The van der Waals surface area contributed by atoms with Gasteiger partial charge in [0.1, 0.15) is 11.5 Å². The minimum atomic E-state index is 0.244. The first-order valence-electron chi connectivity index (χ1n) is 8.62. The maximum Gasteiger partial charge on any atom is 0.277 e. The fourth-order valence-electron chi connectivity index (χ4n) is 2.70. The lowest BCUT2D eigenvalue weighted by atomic mass is 10.1. The number of ether oxygens (including phenoxy) is 2. The van der Waals surface area contributed by atoms with Gasteiger partial charge in [-0.2, -0.15) is 0 Å². The summed E-state index contributed by atoms with van der Waals surface area (Å²) in [6.45, 7) is 8.27. The van der Waals surface area contributed by atoms with Crippen LogP contribution in [0.1, 0.15) is 33.8 Å². The van der Waals surface area contributed by atoms with Gasteiger partial charge in [-0.3, -0.25) is 4.98 Å². The zero-order valence-corrected chi connectivity index (χ0v) is 17.0. The number of rotatable bonds is 7. The van der Waals surface area contributed by atoms with Crippen molar-refractivity contribution < 1.29 is 13.9 Å². The van der Waals surface area contributed by atoms with E-state index in [-0.39, 0.29) is 6.61 Å². The van der Waals surface area contributed by atoms with E-state index < -0.39 is 0 Å². The summed E-state index contributed by atoms with van der Waals surface area (Å²) in [4.78, 5) is 4.49. The van der Waals surface area contributed by atoms with Gasteiger partial charge in [-0.25, -0.2) is 0 Å². The number of thioether (sulfide) groups is 1. The topological polar surface area (TPSA) is 70.3 Å². The van der Waals surface area contributed by atoms with Crippen molar-refractivity contribution >= 4 is 11.8 Å². The van der Waals surface area contributed by atoms with Crippen LogP contribution in [0.25, 0.3) is 0 Å². The summed E-state index contributed by atoms with van der Waals surface area (Å²) in [5.74, 6) is 2.77. The summed E-state index contributed by atoms with van der Waals surface area (Å²) in [6, 6.07) is 6.09. The summed E-state index contributed by atoms with van der Waals surface area (Å²) in [5, 5.41) is 8.63. The Morgan fingerprint density at radius 3 is 2.67 bits per heavy atom. The van der Waals surface area contributed by atoms with E-state index >= 15 is 0 Å². The molecule has 0 atom stereocenters. The van der Waals surface area contributed by atoms with Crippen LogP contribution in [0.4, 0.5) is 0 Å². The molecule has 2 aromatic heterocycles. The van der Waals surface area contributed by atoms with Crippen LogP contribution in [0.3, 0.4) is 0 Å². The van der Waals surface area contributed by atoms with Crippen LogP contribution in [0.5, 0.6) is 11.5 Å². The number of nitrogens with zero attached hydrogens (tertiary/aromatic N) is 3. The van der Waals surface area contributed by atoms with E-state index in [1.54, 1.807) is 7.11 Å². The number of aromatic nitrogens is 3. The first kappa shape index (κ1) is 19.2. The van der Waals surface area contributed by atoms with E-state index in [9.17, 15) is 0 Å². The van der Waals surface area contributed by atoms with Crippen molar-refractivity contribution in [3.05, 3.63) is 58.2 Å². The van der Waals surface area contributed by atoms with Crippen LogP contribution in [-0.2, 0) is 12.4 Å². The summed E-state index contributed by atoms with van der Waals surface area (Å²) >= 11 is 1.45. The molecular formula is C20H23N3O3S. The summed E-state index contributed by atoms with van der Waals surface area (Å²) in [5.41, 5.74) is 5.21. The molecule has 0 radical (unpaired) electrons. The average molecular weight is 385 g/mol. The molecule has 0 saturated heterocycles. The second-order valence-corrected chi connectivity index (χ2v) is 7.28. The van der Waals surface area contributed by atoms with Gasteiger partial charge < -0.3 is 13.9 Å². The van der Waals surface area contributed by atoms with Gasteiger partial charge in [0.05, 0.1) is 12.8 Å². The summed E-state index contributed by atoms with van der Waals surface area (Å²) < 4.78 is 16.9. The van der Waals surface area contributed by atoms with Gasteiger partial charge in [0.15, 0.2) is 6.61 Å². The van der Waals surface area contributed by atoms with Crippen LogP contribution in [0.15, 0.2) is 34.0 Å². The fraction of sp³-hybridized carbons (Fsp3) is 0.350. The number of pyridine rings is 1. The van der Waals surface area contributed by atoms with Crippen molar-refractivity contribution in [2.45, 2.75) is 45.3 Å². The Morgan fingerprint density at radius 2 is 1.89 bits per heavy atom. The lowest BCUT2D eigenvalue weighted by molar-refractivity contribution is 0.250. The van der Waals surface area contributed by atoms with Crippen LogP contribution in [0.2, 0.25) is 0 Å². The molecule has 3 rings (SSSR count). The highest BCUT2D eigenvalue weighted by Gasteiger charge is 2.13. The van der Waals surface area contributed by atoms with Crippen molar-refractivity contribution in [1.29, 1.82) is 0 Å². The van der Waals surface area contributed by atoms with E-state index in [1.807, 2.05) is 46.0 Å². The minimum Gasteiger partial charge on any atom is -0.496 e.